The number of ether oxygens (including phenoxy) is 1. The maximum atomic E-state index is 8.79. The van der Waals surface area contributed by atoms with E-state index in [1.165, 1.54) is 16.7 Å². The highest BCUT2D eigenvalue weighted by atomic mass is 16.5. The third-order valence-electron chi connectivity index (χ3n) is 3.33. The van der Waals surface area contributed by atoms with Gasteiger partial charge >= 0.3 is 0 Å². The molecule has 0 aliphatic carbocycles. The first-order chi connectivity index (χ1) is 8.65. The highest BCUT2D eigenvalue weighted by molar-refractivity contribution is 5.42. The number of methoxy groups -OCH3 is 1. The zero-order chi connectivity index (χ0) is 13.5. The summed E-state index contributed by atoms with van der Waals surface area (Å²) in [6.45, 7) is 4.22. The minimum atomic E-state index is 0.215. The van der Waals surface area contributed by atoms with Crippen LogP contribution in [-0.2, 0) is 12.8 Å². The molecule has 1 aromatic rings. The molecule has 1 aromatic carbocycles. The van der Waals surface area contributed by atoms with E-state index in [2.05, 4.69) is 37.4 Å². The summed E-state index contributed by atoms with van der Waals surface area (Å²) in [4.78, 5) is 0. The van der Waals surface area contributed by atoms with Crippen LogP contribution in [-0.4, -0.2) is 20.2 Å². The second kappa shape index (κ2) is 7.03. The molecule has 98 valence electrons. The molecule has 0 aromatic heterocycles. The number of likely N-dealkylation sites (N-methyl/N-ethyl adjacent to an activating group) is 1. The van der Waals surface area contributed by atoms with Gasteiger partial charge in [0.05, 0.1) is 19.6 Å². The fourth-order valence-corrected chi connectivity index (χ4v) is 2.12. The standard InChI is InChI=1S/C15H22N2O/c1-5-12-9-13(10-14(17-3)6-7-16)11(2)8-15(12)18-4/h8-9,14,17H,5-6,10H2,1-4H3. The lowest BCUT2D eigenvalue weighted by Gasteiger charge is -2.17. The van der Waals surface area contributed by atoms with E-state index in [1.54, 1.807) is 7.11 Å². The van der Waals surface area contributed by atoms with Gasteiger partial charge in [0.1, 0.15) is 5.75 Å². The number of nitriles is 1. The van der Waals surface area contributed by atoms with Gasteiger partial charge in [-0.05, 0) is 49.6 Å². The van der Waals surface area contributed by atoms with Crippen molar-refractivity contribution in [3.8, 4) is 11.8 Å². The van der Waals surface area contributed by atoms with Crippen LogP contribution < -0.4 is 10.1 Å². The Morgan fingerprint density at radius 3 is 2.61 bits per heavy atom. The van der Waals surface area contributed by atoms with Crippen LogP contribution in [0.3, 0.4) is 0 Å². The molecular formula is C15H22N2O. The average molecular weight is 246 g/mol. The maximum absolute atomic E-state index is 8.79. The Morgan fingerprint density at radius 2 is 2.11 bits per heavy atom. The molecule has 0 spiro atoms. The molecule has 0 radical (unpaired) electrons. The van der Waals surface area contributed by atoms with Crippen LogP contribution in [0.5, 0.6) is 5.75 Å². The van der Waals surface area contributed by atoms with E-state index in [9.17, 15) is 0 Å². The summed E-state index contributed by atoms with van der Waals surface area (Å²) < 4.78 is 5.38. The summed E-state index contributed by atoms with van der Waals surface area (Å²) in [6, 6.07) is 6.73. The van der Waals surface area contributed by atoms with Crippen LogP contribution in [0.1, 0.15) is 30.0 Å². The van der Waals surface area contributed by atoms with Gasteiger partial charge in [-0.1, -0.05) is 13.0 Å². The molecule has 3 heteroatoms. The van der Waals surface area contributed by atoms with Crippen molar-refractivity contribution in [2.75, 3.05) is 14.2 Å². The summed E-state index contributed by atoms with van der Waals surface area (Å²) in [6.07, 6.45) is 2.37. The Labute approximate surface area is 110 Å². The van der Waals surface area contributed by atoms with E-state index >= 15 is 0 Å². The molecule has 0 fully saturated rings. The van der Waals surface area contributed by atoms with Crippen LogP contribution in [0.4, 0.5) is 0 Å². The van der Waals surface area contributed by atoms with Gasteiger partial charge in [-0.3, -0.25) is 0 Å². The highest BCUT2D eigenvalue weighted by Gasteiger charge is 2.11. The van der Waals surface area contributed by atoms with Crippen molar-refractivity contribution >= 4 is 0 Å². The summed E-state index contributed by atoms with van der Waals surface area (Å²) in [5.74, 6) is 0.958. The van der Waals surface area contributed by atoms with E-state index in [0.717, 1.165) is 18.6 Å². The fraction of sp³-hybridized carbons (Fsp3) is 0.533. The summed E-state index contributed by atoms with van der Waals surface area (Å²) in [7, 11) is 3.61. The molecule has 18 heavy (non-hydrogen) atoms. The molecule has 1 unspecified atom stereocenters. The molecule has 3 nitrogen and oxygen atoms in total. The molecular weight excluding hydrogens is 224 g/mol. The predicted molar refractivity (Wildman–Crippen MR) is 73.9 cm³/mol. The fourth-order valence-electron chi connectivity index (χ4n) is 2.12. The van der Waals surface area contributed by atoms with Crippen LogP contribution >= 0.6 is 0 Å². The molecule has 0 amide bonds. The number of nitrogens with zero attached hydrogens (tertiary/aromatic N) is 1. The van der Waals surface area contributed by atoms with Gasteiger partial charge in [0.25, 0.3) is 0 Å². The molecule has 0 heterocycles. The monoisotopic (exact) mass is 246 g/mol. The lowest BCUT2D eigenvalue weighted by molar-refractivity contribution is 0.409. The van der Waals surface area contributed by atoms with Crippen LogP contribution in [0, 0.1) is 18.3 Å². The first-order valence-electron chi connectivity index (χ1n) is 6.36. The van der Waals surface area contributed by atoms with E-state index in [4.69, 9.17) is 10.00 Å². The Bertz CT molecular complexity index is 435. The Balaban J connectivity index is 2.98. The average Bonchev–Trinajstić information content (AvgIpc) is 2.39. The van der Waals surface area contributed by atoms with Gasteiger partial charge in [-0.25, -0.2) is 0 Å². The lowest BCUT2D eigenvalue weighted by atomic mass is 9.96. The maximum Gasteiger partial charge on any atom is 0.122 e. The SMILES string of the molecule is CCc1cc(CC(CC#N)NC)c(C)cc1OC. The van der Waals surface area contributed by atoms with Gasteiger partial charge in [-0.2, -0.15) is 5.26 Å². The quantitative estimate of drug-likeness (QED) is 0.839. The number of aryl methyl sites for hydroxylation is 2. The van der Waals surface area contributed by atoms with Gasteiger partial charge in [-0.15, -0.1) is 0 Å². The first-order valence-corrected chi connectivity index (χ1v) is 6.36. The minimum Gasteiger partial charge on any atom is -0.496 e. The van der Waals surface area contributed by atoms with E-state index in [-0.39, 0.29) is 6.04 Å². The number of hydrogen-bond acceptors (Lipinski definition) is 3. The largest absolute Gasteiger partial charge is 0.496 e. The molecule has 1 rings (SSSR count). The van der Waals surface area contributed by atoms with E-state index in [0.29, 0.717) is 6.42 Å². The van der Waals surface area contributed by atoms with Crippen molar-refractivity contribution in [2.24, 2.45) is 0 Å². The molecule has 0 bridgehead atoms. The molecule has 0 saturated heterocycles. The lowest BCUT2D eigenvalue weighted by Crippen LogP contribution is -2.27. The zero-order valence-corrected chi connectivity index (χ0v) is 11.7. The third kappa shape index (κ3) is 3.48. The summed E-state index contributed by atoms with van der Waals surface area (Å²) in [5, 5.41) is 12.0. The van der Waals surface area contributed by atoms with Crippen molar-refractivity contribution < 1.29 is 4.74 Å². The molecule has 1 atom stereocenters. The molecule has 0 aliphatic rings. The van der Waals surface area contributed by atoms with E-state index < -0.39 is 0 Å². The molecule has 0 saturated carbocycles. The number of nitrogens with one attached hydrogen (secondary N) is 1. The second-order valence-electron chi connectivity index (χ2n) is 4.50. The van der Waals surface area contributed by atoms with Gasteiger partial charge in [0, 0.05) is 6.04 Å². The third-order valence-corrected chi connectivity index (χ3v) is 3.33. The normalized spacial score (nSPS) is 11.9. The zero-order valence-electron chi connectivity index (χ0n) is 11.7. The predicted octanol–water partition coefficient (Wildman–Crippen LogP) is 2.61. The van der Waals surface area contributed by atoms with Gasteiger partial charge in [0.2, 0.25) is 0 Å². The van der Waals surface area contributed by atoms with E-state index in [1.807, 2.05) is 7.05 Å². The number of rotatable bonds is 6. The second-order valence-corrected chi connectivity index (χ2v) is 4.50. The summed E-state index contributed by atoms with van der Waals surface area (Å²) in [5.41, 5.74) is 3.74. The Hall–Kier alpha value is -1.53. The topological polar surface area (TPSA) is 45.0 Å². The van der Waals surface area contributed by atoms with Crippen molar-refractivity contribution in [2.45, 2.75) is 39.2 Å². The van der Waals surface area contributed by atoms with Crippen molar-refractivity contribution in [3.05, 3.63) is 28.8 Å². The minimum absolute atomic E-state index is 0.215. The molecule has 0 aliphatic heterocycles. The Morgan fingerprint density at radius 1 is 1.39 bits per heavy atom. The number of hydrogen-bond donors (Lipinski definition) is 1. The summed E-state index contributed by atoms with van der Waals surface area (Å²) >= 11 is 0. The number of benzene rings is 1. The van der Waals surface area contributed by atoms with Crippen molar-refractivity contribution in [3.63, 3.8) is 0 Å². The van der Waals surface area contributed by atoms with Crippen LogP contribution in [0.25, 0.3) is 0 Å². The van der Waals surface area contributed by atoms with Crippen LogP contribution in [0.15, 0.2) is 12.1 Å². The van der Waals surface area contributed by atoms with Crippen LogP contribution in [0.2, 0.25) is 0 Å². The Kier molecular flexibility index (Phi) is 5.67. The first kappa shape index (κ1) is 14.5. The molecule has 1 N–H and O–H groups in total. The highest BCUT2D eigenvalue weighted by Crippen LogP contribution is 2.25. The van der Waals surface area contributed by atoms with Gasteiger partial charge < -0.3 is 10.1 Å². The van der Waals surface area contributed by atoms with Crippen molar-refractivity contribution in [1.82, 2.24) is 5.32 Å². The van der Waals surface area contributed by atoms with Gasteiger partial charge in [0.15, 0.2) is 0 Å². The smallest absolute Gasteiger partial charge is 0.122 e. The van der Waals surface area contributed by atoms with Crippen molar-refractivity contribution in [1.29, 1.82) is 5.26 Å².